The van der Waals surface area contributed by atoms with E-state index in [1.54, 1.807) is 23.9 Å². The van der Waals surface area contributed by atoms with Gasteiger partial charge in [-0.15, -0.1) is 11.8 Å². The van der Waals surface area contributed by atoms with Crippen molar-refractivity contribution < 1.29 is 27.8 Å². The van der Waals surface area contributed by atoms with Crippen LogP contribution in [0.15, 0.2) is 100 Å². The predicted octanol–water partition coefficient (Wildman–Crippen LogP) is 9.61. The van der Waals surface area contributed by atoms with Gasteiger partial charge in [0.1, 0.15) is 5.75 Å². The van der Waals surface area contributed by atoms with Gasteiger partial charge in [-0.1, -0.05) is 64.5 Å². The Hall–Kier alpha value is -3.23. The second kappa shape index (κ2) is 13.4. The van der Waals surface area contributed by atoms with E-state index in [1.807, 2.05) is 55.5 Å². The summed E-state index contributed by atoms with van der Waals surface area (Å²) in [7, 11) is 0. The number of alkyl halides is 3. The largest absolute Gasteiger partial charge is 0.482 e. The van der Waals surface area contributed by atoms with Crippen LogP contribution < -0.4 is 4.74 Å². The molecule has 4 aromatic carbocycles. The van der Waals surface area contributed by atoms with Crippen molar-refractivity contribution in [2.45, 2.75) is 36.8 Å². The number of hydrogen-bond donors (Lipinski definition) is 1. The maximum absolute atomic E-state index is 13.2. The molecule has 0 bridgehead atoms. The fourth-order valence-electron chi connectivity index (χ4n) is 4.49. The van der Waals surface area contributed by atoms with Gasteiger partial charge in [0.15, 0.2) is 6.61 Å². The van der Waals surface area contributed by atoms with Crippen LogP contribution in [-0.4, -0.2) is 23.4 Å². The Labute approximate surface area is 244 Å². The SMILES string of the molecule is Cc1cc(SCCCC(c2ccc(Br)cc2)c2ccc(-c3cccc(C(F)(F)F)c3)cc2)ccc1OCC(=O)O. The zero-order valence-electron chi connectivity index (χ0n) is 21.7. The maximum atomic E-state index is 13.2. The third-order valence-electron chi connectivity index (χ3n) is 6.51. The van der Waals surface area contributed by atoms with Gasteiger partial charge in [-0.25, -0.2) is 4.79 Å². The van der Waals surface area contributed by atoms with Crippen LogP contribution in [0.3, 0.4) is 0 Å². The van der Waals surface area contributed by atoms with E-state index in [9.17, 15) is 18.0 Å². The monoisotopic (exact) mass is 628 g/mol. The molecule has 0 fully saturated rings. The first-order chi connectivity index (χ1) is 19.1. The van der Waals surface area contributed by atoms with Gasteiger partial charge in [0.2, 0.25) is 0 Å². The van der Waals surface area contributed by atoms with E-state index in [4.69, 9.17) is 9.84 Å². The lowest BCUT2D eigenvalue weighted by molar-refractivity contribution is -0.139. The van der Waals surface area contributed by atoms with E-state index < -0.39 is 17.7 Å². The van der Waals surface area contributed by atoms with E-state index >= 15 is 0 Å². The van der Waals surface area contributed by atoms with Crippen LogP contribution in [0.4, 0.5) is 13.2 Å². The molecule has 0 radical (unpaired) electrons. The minimum absolute atomic E-state index is 0.137. The molecule has 1 unspecified atom stereocenters. The Bertz CT molecular complexity index is 1440. The maximum Gasteiger partial charge on any atom is 0.416 e. The normalized spacial score (nSPS) is 12.2. The summed E-state index contributed by atoms with van der Waals surface area (Å²) in [6.07, 6.45) is -2.54. The van der Waals surface area contributed by atoms with Gasteiger partial charge in [0, 0.05) is 15.3 Å². The number of ether oxygens (including phenoxy) is 1. The first-order valence-electron chi connectivity index (χ1n) is 12.7. The average Bonchev–Trinajstić information content (AvgIpc) is 2.93. The number of rotatable bonds is 11. The second-order valence-electron chi connectivity index (χ2n) is 9.41. The summed E-state index contributed by atoms with van der Waals surface area (Å²) in [6, 6.07) is 27.2. The Kier molecular flexibility index (Phi) is 9.98. The molecule has 0 aromatic heterocycles. The number of carboxylic acid groups (broad SMARTS) is 1. The Morgan fingerprint density at radius 2 is 1.60 bits per heavy atom. The fourth-order valence-corrected chi connectivity index (χ4v) is 5.73. The quantitative estimate of drug-likeness (QED) is 0.133. The highest BCUT2D eigenvalue weighted by Crippen LogP contribution is 2.35. The van der Waals surface area contributed by atoms with Crippen molar-refractivity contribution in [3.63, 3.8) is 0 Å². The number of benzene rings is 4. The highest BCUT2D eigenvalue weighted by molar-refractivity contribution is 9.10. The lowest BCUT2D eigenvalue weighted by Crippen LogP contribution is -2.10. The van der Waals surface area contributed by atoms with Gasteiger partial charge in [-0.2, -0.15) is 13.2 Å². The van der Waals surface area contributed by atoms with Crippen LogP contribution in [0, 0.1) is 6.92 Å². The van der Waals surface area contributed by atoms with Crippen molar-refractivity contribution in [1.82, 2.24) is 0 Å². The topological polar surface area (TPSA) is 46.5 Å². The molecule has 4 aromatic rings. The number of thioether (sulfide) groups is 1. The van der Waals surface area contributed by atoms with Crippen LogP contribution >= 0.6 is 27.7 Å². The molecule has 40 heavy (non-hydrogen) atoms. The van der Waals surface area contributed by atoms with Gasteiger partial charge < -0.3 is 9.84 Å². The number of aryl methyl sites for hydroxylation is 1. The zero-order chi connectivity index (χ0) is 28.7. The van der Waals surface area contributed by atoms with E-state index in [0.717, 1.165) is 50.7 Å². The third-order valence-corrected chi connectivity index (χ3v) is 8.12. The van der Waals surface area contributed by atoms with Crippen LogP contribution in [0.5, 0.6) is 5.75 Å². The van der Waals surface area contributed by atoms with Crippen LogP contribution in [0.1, 0.15) is 41.0 Å². The smallest absolute Gasteiger partial charge is 0.416 e. The molecule has 0 amide bonds. The van der Waals surface area contributed by atoms with Gasteiger partial charge in [-0.3, -0.25) is 0 Å². The van der Waals surface area contributed by atoms with Gasteiger partial charge in [0.25, 0.3) is 0 Å². The molecule has 0 aliphatic carbocycles. The highest BCUT2D eigenvalue weighted by Gasteiger charge is 2.30. The number of hydrogen-bond acceptors (Lipinski definition) is 3. The Morgan fingerprint density at radius 1 is 0.925 bits per heavy atom. The lowest BCUT2D eigenvalue weighted by Gasteiger charge is -2.19. The molecule has 4 rings (SSSR count). The summed E-state index contributed by atoms with van der Waals surface area (Å²) >= 11 is 5.24. The van der Waals surface area contributed by atoms with Gasteiger partial charge in [0.05, 0.1) is 5.56 Å². The summed E-state index contributed by atoms with van der Waals surface area (Å²) in [4.78, 5) is 11.8. The minimum Gasteiger partial charge on any atom is -0.482 e. The first-order valence-corrected chi connectivity index (χ1v) is 14.5. The van der Waals surface area contributed by atoms with Crippen molar-refractivity contribution in [3.8, 4) is 16.9 Å². The molecule has 0 aliphatic rings. The molecular formula is C32H28BrF3O3S. The molecule has 0 saturated carbocycles. The number of aliphatic carboxylic acids is 1. The summed E-state index contributed by atoms with van der Waals surface area (Å²) < 4.78 is 45.9. The molecule has 0 spiro atoms. The molecule has 0 heterocycles. The molecule has 0 saturated heterocycles. The highest BCUT2D eigenvalue weighted by atomic mass is 79.9. The van der Waals surface area contributed by atoms with E-state index in [0.29, 0.717) is 11.3 Å². The van der Waals surface area contributed by atoms with Crippen molar-refractivity contribution in [2.75, 3.05) is 12.4 Å². The van der Waals surface area contributed by atoms with E-state index in [-0.39, 0.29) is 12.5 Å². The molecule has 3 nitrogen and oxygen atoms in total. The summed E-state index contributed by atoms with van der Waals surface area (Å²) in [5.74, 6) is 0.585. The van der Waals surface area contributed by atoms with Crippen molar-refractivity contribution >= 4 is 33.7 Å². The standard InChI is InChI=1S/C32H28BrF3O3S/c1-21-18-28(15-16-30(21)39-20-31(37)38)40-17-3-6-29(24-11-13-27(33)14-12-24)23-9-7-22(8-10-23)25-4-2-5-26(19-25)32(34,35)36/h2,4-5,7-16,18-19,29H,3,6,17,20H2,1H3,(H,37,38). The van der Waals surface area contributed by atoms with Crippen LogP contribution in [-0.2, 0) is 11.0 Å². The van der Waals surface area contributed by atoms with Gasteiger partial charge >= 0.3 is 12.1 Å². The minimum atomic E-state index is -4.38. The van der Waals surface area contributed by atoms with Crippen LogP contribution in [0.25, 0.3) is 11.1 Å². The van der Waals surface area contributed by atoms with E-state index in [1.165, 1.54) is 17.7 Å². The number of carbonyl (C=O) groups is 1. The summed E-state index contributed by atoms with van der Waals surface area (Å²) in [6.45, 7) is 1.53. The molecular weight excluding hydrogens is 601 g/mol. The third kappa shape index (κ3) is 8.15. The summed E-state index contributed by atoms with van der Waals surface area (Å²) in [5, 5.41) is 8.82. The second-order valence-corrected chi connectivity index (χ2v) is 11.5. The number of halogens is 4. The predicted molar refractivity (Wildman–Crippen MR) is 157 cm³/mol. The van der Waals surface area contributed by atoms with Crippen molar-refractivity contribution in [3.05, 3.63) is 118 Å². The molecule has 1 atom stereocenters. The number of carboxylic acids is 1. The van der Waals surface area contributed by atoms with Gasteiger partial charge in [-0.05, 0) is 95.8 Å². The summed E-state index contributed by atoms with van der Waals surface area (Å²) in [5.41, 5.74) is 3.80. The van der Waals surface area contributed by atoms with Crippen molar-refractivity contribution in [2.24, 2.45) is 0 Å². The molecule has 1 N–H and O–H groups in total. The van der Waals surface area contributed by atoms with Crippen molar-refractivity contribution in [1.29, 1.82) is 0 Å². The van der Waals surface area contributed by atoms with Crippen LogP contribution in [0.2, 0.25) is 0 Å². The lowest BCUT2D eigenvalue weighted by atomic mass is 9.87. The Balaban J connectivity index is 1.45. The van der Waals surface area contributed by atoms with E-state index in [2.05, 4.69) is 28.1 Å². The first kappa shape index (κ1) is 29.7. The fraction of sp³-hybridized carbons (Fsp3) is 0.219. The zero-order valence-corrected chi connectivity index (χ0v) is 24.2. The Morgan fingerprint density at radius 3 is 2.23 bits per heavy atom. The molecule has 0 aliphatic heterocycles. The molecule has 8 heteroatoms. The molecule has 208 valence electrons. The average molecular weight is 630 g/mol.